The maximum atomic E-state index is 13.8. The van der Waals surface area contributed by atoms with E-state index in [9.17, 15) is 18.4 Å². The topological polar surface area (TPSA) is 55.2 Å². The maximum absolute atomic E-state index is 13.8. The monoisotopic (exact) mass is 519 g/mol. The van der Waals surface area contributed by atoms with E-state index in [1.807, 2.05) is 13.8 Å². The summed E-state index contributed by atoms with van der Waals surface area (Å²) in [6.45, 7) is 5.16. The van der Waals surface area contributed by atoms with Gasteiger partial charge in [0.25, 0.3) is 5.56 Å². The SMILES string of the molecule is CC(C)C#Cc1sc2ncn(CC(=O)N3CC(C)(F)C3)c(=O)c2c1-c1ccc(F)c(Br)c1. The molecule has 5 nitrogen and oxygen atoms in total. The average molecular weight is 520 g/mol. The Bertz CT molecular complexity index is 1340. The molecule has 3 aromatic rings. The second-order valence-electron chi connectivity index (χ2n) is 8.38. The van der Waals surface area contributed by atoms with Crippen LogP contribution in [0.1, 0.15) is 25.6 Å². The average Bonchev–Trinajstić information content (AvgIpc) is 3.08. The van der Waals surface area contributed by atoms with E-state index in [1.54, 1.807) is 12.1 Å². The van der Waals surface area contributed by atoms with Gasteiger partial charge in [0.2, 0.25) is 5.91 Å². The number of amides is 1. The summed E-state index contributed by atoms with van der Waals surface area (Å²) in [6.07, 6.45) is 1.33. The zero-order valence-corrected chi connectivity index (χ0v) is 20.1. The van der Waals surface area contributed by atoms with Crippen molar-refractivity contribution in [2.24, 2.45) is 5.92 Å². The van der Waals surface area contributed by atoms with Crippen LogP contribution in [0.15, 0.2) is 33.8 Å². The van der Waals surface area contributed by atoms with E-state index in [1.165, 1.54) is 40.1 Å². The molecule has 0 spiro atoms. The predicted molar refractivity (Wildman–Crippen MR) is 125 cm³/mol. The van der Waals surface area contributed by atoms with Crippen molar-refractivity contribution in [3.05, 3.63) is 50.0 Å². The molecule has 0 N–H and O–H groups in total. The molecule has 0 atom stereocenters. The molecule has 166 valence electrons. The Morgan fingerprint density at radius 3 is 2.72 bits per heavy atom. The first-order valence-electron chi connectivity index (χ1n) is 10.0. The van der Waals surface area contributed by atoms with Crippen molar-refractivity contribution in [1.29, 1.82) is 0 Å². The van der Waals surface area contributed by atoms with Gasteiger partial charge in [-0.1, -0.05) is 31.8 Å². The molecule has 1 amide bonds. The minimum Gasteiger partial charge on any atom is -0.335 e. The van der Waals surface area contributed by atoms with Crippen molar-refractivity contribution >= 4 is 43.4 Å². The molecule has 32 heavy (non-hydrogen) atoms. The van der Waals surface area contributed by atoms with Crippen molar-refractivity contribution in [2.75, 3.05) is 13.1 Å². The standard InChI is InChI=1S/C23H20BrF2N3O2S/c1-13(2)4-7-17-19(14-5-6-16(25)15(24)8-14)20-21(32-17)27-12-28(22(20)31)9-18(30)29-10-23(3,26)11-29/h5-6,8,12-13H,9-11H2,1-3H3. The molecule has 9 heteroatoms. The van der Waals surface area contributed by atoms with Gasteiger partial charge in [0.05, 0.1) is 34.2 Å². The van der Waals surface area contributed by atoms with E-state index in [2.05, 4.69) is 32.8 Å². The third-order valence-corrected chi connectivity index (χ3v) is 6.68. The predicted octanol–water partition coefficient (Wildman–Crippen LogP) is 4.60. The second kappa shape index (κ2) is 8.41. The van der Waals surface area contributed by atoms with Gasteiger partial charge < -0.3 is 4.90 Å². The molecule has 2 aromatic heterocycles. The Labute approximate surface area is 196 Å². The van der Waals surface area contributed by atoms with Gasteiger partial charge in [-0.2, -0.15) is 0 Å². The number of fused-ring (bicyclic) bond motifs is 1. The van der Waals surface area contributed by atoms with Gasteiger partial charge in [-0.25, -0.2) is 13.8 Å². The Morgan fingerprint density at radius 1 is 1.38 bits per heavy atom. The summed E-state index contributed by atoms with van der Waals surface area (Å²) in [6, 6.07) is 4.51. The van der Waals surface area contributed by atoms with Crippen LogP contribution in [0.4, 0.5) is 8.78 Å². The number of carbonyl (C=O) groups is 1. The van der Waals surface area contributed by atoms with Crippen LogP contribution in [0, 0.1) is 23.6 Å². The zero-order chi connectivity index (χ0) is 23.2. The molecular formula is C23H20BrF2N3O2S. The number of hydrogen-bond donors (Lipinski definition) is 0. The smallest absolute Gasteiger partial charge is 0.263 e. The molecule has 0 unspecified atom stereocenters. The number of halogens is 3. The van der Waals surface area contributed by atoms with Crippen LogP contribution in [0.2, 0.25) is 0 Å². The lowest BCUT2D eigenvalue weighted by molar-refractivity contribution is -0.144. The van der Waals surface area contributed by atoms with Gasteiger partial charge in [-0.05, 0) is 40.5 Å². The molecule has 0 aliphatic carbocycles. The minimum atomic E-state index is -1.39. The lowest BCUT2D eigenvalue weighted by atomic mass is 9.99. The first-order chi connectivity index (χ1) is 15.1. The van der Waals surface area contributed by atoms with E-state index < -0.39 is 17.0 Å². The lowest BCUT2D eigenvalue weighted by Crippen LogP contribution is -2.60. The number of aromatic nitrogens is 2. The van der Waals surface area contributed by atoms with E-state index in [0.717, 1.165) is 0 Å². The largest absolute Gasteiger partial charge is 0.335 e. The molecule has 3 heterocycles. The van der Waals surface area contributed by atoms with Crippen molar-refractivity contribution in [2.45, 2.75) is 33.0 Å². The second-order valence-corrected chi connectivity index (χ2v) is 10.2. The van der Waals surface area contributed by atoms with Crippen LogP contribution in [0.25, 0.3) is 21.3 Å². The van der Waals surface area contributed by atoms with Crippen molar-refractivity contribution < 1.29 is 13.6 Å². The molecule has 1 aromatic carbocycles. The van der Waals surface area contributed by atoms with E-state index in [0.29, 0.717) is 26.2 Å². The van der Waals surface area contributed by atoms with Crippen LogP contribution in [-0.2, 0) is 11.3 Å². The van der Waals surface area contributed by atoms with Crippen molar-refractivity contribution in [1.82, 2.24) is 14.5 Å². The molecule has 0 bridgehead atoms. The Balaban J connectivity index is 1.83. The summed E-state index contributed by atoms with van der Waals surface area (Å²) in [7, 11) is 0. The van der Waals surface area contributed by atoms with E-state index in [4.69, 9.17) is 0 Å². The number of thiophene rings is 1. The van der Waals surface area contributed by atoms with Crippen LogP contribution < -0.4 is 5.56 Å². The lowest BCUT2D eigenvalue weighted by Gasteiger charge is -2.42. The number of rotatable bonds is 3. The molecule has 1 fully saturated rings. The molecule has 1 aliphatic heterocycles. The fourth-order valence-corrected chi connectivity index (χ4v) is 4.93. The number of alkyl halides is 1. The summed E-state index contributed by atoms with van der Waals surface area (Å²) >= 11 is 4.48. The summed E-state index contributed by atoms with van der Waals surface area (Å²) in [5.41, 5.74) is -0.588. The maximum Gasteiger partial charge on any atom is 0.263 e. The number of hydrogen-bond acceptors (Lipinski definition) is 4. The molecule has 0 saturated carbocycles. The summed E-state index contributed by atoms with van der Waals surface area (Å²) < 4.78 is 29.1. The summed E-state index contributed by atoms with van der Waals surface area (Å²) in [5, 5.41) is 0.329. The molecule has 1 saturated heterocycles. The fraction of sp³-hybridized carbons (Fsp3) is 0.348. The van der Waals surface area contributed by atoms with E-state index >= 15 is 0 Å². The van der Waals surface area contributed by atoms with Gasteiger partial charge in [0.15, 0.2) is 0 Å². The fourth-order valence-electron chi connectivity index (χ4n) is 3.54. The van der Waals surface area contributed by atoms with Crippen molar-refractivity contribution in [3.63, 3.8) is 0 Å². The molecule has 0 radical (unpaired) electrons. The number of carbonyl (C=O) groups excluding carboxylic acids is 1. The number of benzene rings is 1. The Kier molecular flexibility index (Phi) is 5.94. The van der Waals surface area contributed by atoms with Gasteiger partial charge >= 0.3 is 0 Å². The molecule has 4 rings (SSSR count). The highest BCUT2D eigenvalue weighted by molar-refractivity contribution is 9.10. The first kappa shape index (κ1) is 22.6. The quantitative estimate of drug-likeness (QED) is 0.475. The zero-order valence-electron chi connectivity index (χ0n) is 17.7. The van der Waals surface area contributed by atoms with Crippen LogP contribution in [-0.4, -0.2) is 39.1 Å². The van der Waals surface area contributed by atoms with E-state index in [-0.39, 0.29) is 35.9 Å². The highest BCUT2D eigenvalue weighted by atomic mass is 79.9. The molecule has 1 aliphatic rings. The van der Waals surface area contributed by atoms with Crippen LogP contribution in [0.5, 0.6) is 0 Å². The van der Waals surface area contributed by atoms with Gasteiger partial charge in [0.1, 0.15) is 22.9 Å². The third-order valence-electron chi connectivity index (χ3n) is 5.06. The first-order valence-corrected chi connectivity index (χ1v) is 11.6. The third kappa shape index (κ3) is 4.34. The normalized spacial score (nSPS) is 14.9. The Morgan fingerprint density at radius 2 is 2.09 bits per heavy atom. The number of likely N-dealkylation sites (tertiary alicyclic amines) is 1. The highest BCUT2D eigenvalue weighted by Gasteiger charge is 2.41. The van der Waals surface area contributed by atoms with Gasteiger partial charge in [-0.3, -0.25) is 14.2 Å². The van der Waals surface area contributed by atoms with Crippen LogP contribution >= 0.6 is 27.3 Å². The number of nitrogens with zero attached hydrogens (tertiary/aromatic N) is 3. The van der Waals surface area contributed by atoms with Gasteiger partial charge in [-0.15, -0.1) is 11.3 Å². The van der Waals surface area contributed by atoms with Gasteiger partial charge in [0, 0.05) is 11.5 Å². The highest BCUT2D eigenvalue weighted by Crippen LogP contribution is 2.37. The Hall–Kier alpha value is -2.57. The van der Waals surface area contributed by atoms with Crippen LogP contribution in [0.3, 0.4) is 0 Å². The molecular weight excluding hydrogens is 500 g/mol. The summed E-state index contributed by atoms with van der Waals surface area (Å²) in [4.78, 5) is 32.8. The summed E-state index contributed by atoms with van der Waals surface area (Å²) in [5.74, 6) is 5.58. The minimum absolute atomic E-state index is 0.0124. The van der Waals surface area contributed by atoms with Crippen molar-refractivity contribution in [3.8, 4) is 23.0 Å².